The molecule has 0 saturated carbocycles. The number of piperidine rings is 1. The highest BCUT2D eigenvalue weighted by atomic mass is 35.5. The number of pyridine rings is 1. The lowest BCUT2D eigenvalue weighted by molar-refractivity contribution is -0.126. The number of carbonyl (C=O) groups is 1. The van der Waals surface area contributed by atoms with E-state index in [1.165, 1.54) is 16.6 Å². The van der Waals surface area contributed by atoms with Gasteiger partial charge >= 0.3 is 0 Å². The highest BCUT2D eigenvalue weighted by Crippen LogP contribution is 2.26. The number of sulfonamides is 1. The summed E-state index contributed by atoms with van der Waals surface area (Å²) in [6.07, 6.45) is 3.19. The Morgan fingerprint density at radius 3 is 2.79 bits per heavy atom. The van der Waals surface area contributed by atoms with Gasteiger partial charge in [0.15, 0.2) is 0 Å². The van der Waals surface area contributed by atoms with Crippen LogP contribution in [0, 0.1) is 5.92 Å². The molecule has 0 unspecified atom stereocenters. The summed E-state index contributed by atoms with van der Waals surface area (Å²) < 4.78 is 31.5. The van der Waals surface area contributed by atoms with Crippen molar-refractivity contribution < 1.29 is 17.9 Å². The summed E-state index contributed by atoms with van der Waals surface area (Å²) in [7, 11) is -2.06. The topological polar surface area (TPSA) is 88.6 Å². The number of ether oxygens (including phenoxy) is 1. The van der Waals surface area contributed by atoms with Gasteiger partial charge < -0.3 is 10.1 Å². The largest absolute Gasteiger partial charge is 0.385 e. The van der Waals surface area contributed by atoms with Crippen molar-refractivity contribution in [3.63, 3.8) is 0 Å². The van der Waals surface area contributed by atoms with Crippen LogP contribution in [0.3, 0.4) is 0 Å². The van der Waals surface area contributed by atoms with Gasteiger partial charge in [0, 0.05) is 45.5 Å². The highest BCUT2D eigenvalue weighted by molar-refractivity contribution is 7.89. The summed E-state index contributed by atoms with van der Waals surface area (Å²) in [5.74, 6) is -0.189. The SMILES string of the molecule is COCCCNC(=O)C1CCN(S(=O)(=O)c2cccnc2Cl)CC1. The summed E-state index contributed by atoms with van der Waals surface area (Å²) in [5, 5.41) is 2.83. The number of carbonyl (C=O) groups excluding carboxylic acids is 1. The molecule has 1 N–H and O–H groups in total. The first kappa shape index (κ1) is 19.1. The average molecular weight is 376 g/mol. The fraction of sp³-hybridized carbons (Fsp3) is 0.600. The van der Waals surface area contributed by atoms with Gasteiger partial charge in [0.05, 0.1) is 0 Å². The Kier molecular flexibility index (Phi) is 6.97. The number of amides is 1. The number of aromatic nitrogens is 1. The molecular weight excluding hydrogens is 354 g/mol. The number of hydrogen-bond acceptors (Lipinski definition) is 5. The lowest BCUT2D eigenvalue weighted by Gasteiger charge is -2.30. The molecule has 0 aromatic carbocycles. The van der Waals surface area contributed by atoms with Crippen molar-refractivity contribution >= 4 is 27.5 Å². The van der Waals surface area contributed by atoms with Crippen LogP contribution in [0.25, 0.3) is 0 Å². The molecule has 134 valence electrons. The maximum atomic E-state index is 12.6. The van der Waals surface area contributed by atoms with E-state index in [9.17, 15) is 13.2 Å². The van der Waals surface area contributed by atoms with Gasteiger partial charge in [0.1, 0.15) is 10.0 Å². The molecule has 2 heterocycles. The zero-order valence-corrected chi connectivity index (χ0v) is 15.1. The van der Waals surface area contributed by atoms with Crippen molar-refractivity contribution in [1.29, 1.82) is 0 Å². The first-order chi connectivity index (χ1) is 11.5. The van der Waals surface area contributed by atoms with Gasteiger partial charge in [-0.25, -0.2) is 13.4 Å². The third-order valence-corrected chi connectivity index (χ3v) is 6.34. The van der Waals surface area contributed by atoms with Crippen LogP contribution in [0.5, 0.6) is 0 Å². The second-order valence-corrected chi connectivity index (χ2v) is 7.87. The Balaban J connectivity index is 1.90. The summed E-state index contributed by atoms with van der Waals surface area (Å²) >= 11 is 5.90. The molecule has 1 saturated heterocycles. The quantitative estimate of drug-likeness (QED) is 0.573. The van der Waals surface area contributed by atoms with Crippen molar-refractivity contribution in [3.05, 3.63) is 23.5 Å². The minimum Gasteiger partial charge on any atom is -0.385 e. The average Bonchev–Trinajstić information content (AvgIpc) is 2.59. The van der Waals surface area contributed by atoms with Crippen molar-refractivity contribution in [2.24, 2.45) is 5.92 Å². The van der Waals surface area contributed by atoms with Crippen LogP contribution in [0.2, 0.25) is 5.15 Å². The minimum atomic E-state index is -3.68. The van der Waals surface area contributed by atoms with Crippen molar-refractivity contribution in [1.82, 2.24) is 14.6 Å². The van der Waals surface area contributed by atoms with Gasteiger partial charge in [0.2, 0.25) is 15.9 Å². The van der Waals surface area contributed by atoms with Crippen LogP contribution in [0.4, 0.5) is 0 Å². The molecule has 1 amide bonds. The van der Waals surface area contributed by atoms with E-state index in [4.69, 9.17) is 16.3 Å². The highest BCUT2D eigenvalue weighted by Gasteiger charge is 2.33. The molecule has 0 atom stereocenters. The molecule has 9 heteroatoms. The van der Waals surface area contributed by atoms with Crippen molar-refractivity contribution in [2.75, 3.05) is 33.4 Å². The lowest BCUT2D eigenvalue weighted by atomic mass is 9.97. The van der Waals surface area contributed by atoms with E-state index >= 15 is 0 Å². The molecule has 0 aliphatic carbocycles. The molecule has 0 spiro atoms. The summed E-state index contributed by atoms with van der Waals surface area (Å²) in [5.41, 5.74) is 0. The van der Waals surface area contributed by atoms with Crippen molar-refractivity contribution in [3.8, 4) is 0 Å². The lowest BCUT2D eigenvalue weighted by Crippen LogP contribution is -2.43. The third kappa shape index (κ3) is 4.66. The van der Waals surface area contributed by atoms with Crippen LogP contribution >= 0.6 is 11.6 Å². The van der Waals surface area contributed by atoms with E-state index in [1.54, 1.807) is 13.2 Å². The van der Waals surface area contributed by atoms with E-state index in [2.05, 4.69) is 10.3 Å². The van der Waals surface area contributed by atoms with Crippen LogP contribution in [0.15, 0.2) is 23.2 Å². The van der Waals surface area contributed by atoms with Crippen LogP contribution < -0.4 is 5.32 Å². The molecule has 7 nitrogen and oxygen atoms in total. The van der Waals surface area contributed by atoms with E-state index in [1.807, 2.05) is 0 Å². The fourth-order valence-corrected chi connectivity index (χ4v) is 4.53. The number of halogens is 1. The molecule has 0 radical (unpaired) electrons. The number of rotatable bonds is 7. The van der Waals surface area contributed by atoms with Gasteiger partial charge in [-0.05, 0) is 31.4 Å². The second-order valence-electron chi connectivity index (χ2n) is 5.61. The first-order valence-corrected chi connectivity index (χ1v) is 9.66. The zero-order chi connectivity index (χ0) is 17.6. The van der Waals surface area contributed by atoms with Crippen LogP contribution in [0.1, 0.15) is 19.3 Å². The maximum absolute atomic E-state index is 12.6. The van der Waals surface area contributed by atoms with E-state index in [0.29, 0.717) is 39.1 Å². The summed E-state index contributed by atoms with van der Waals surface area (Å²) in [6.45, 7) is 1.76. The molecule has 2 rings (SSSR count). The van der Waals surface area contributed by atoms with Gasteiger partial charge in [-0.1, -0.05) is 11.6 Å². The van der Waals surface area contributed by atoms with Gasteiger partial charge in [-0.3, -0.25) is 4.79 Å². The smallest absolute Gasteiger partial charge is 0.246 e. The van der Waals surface area contributed by atoms with Crippen LogP contribution in [-0.2, 0) is 19.6 Å². The van der Waals surface area contributed by atoms with Gasteiger partial charge in [-0.2, -0.15) is 4.31 Å². The molecule has 0 bridgehead atoms. The number of methoxy groups -OCH3 is 1. The summed E-state index contributed by atoms with van der Waals surface area (Å²) in [6, 6.07) is 2.98. The monoisotopic (exact) mass is 375 g/mol. The predicted molar refractivity (Wildman–Crippen MR) is 90.2 cm³/mol. The Morgan fingerprint density at radius 1 is 1.46 bits per heavy atom. The molecule has 24 heavy (non-hydrogen) atoms. The fourth-order valence-electron chi connectivity index (χ4n) is 2.63. The van der Waals surface area contributed by atoms with Crippen LogP contribution in [-0.4, -0.2) is 57.0 Å². The first-order valence-electron chi connectivity index (χ1n) is 7.84. The van der Waals surface area contributed by atoms with Gasteiger partial charge in [-0.15, -0.1) is 0 Å². The molecular formula is C15H22ClN3O4S. The molecule has 1 aromatic rings. The number of nitrogens with zero attached hydrogens (tertiary/aromatic N) is 2. The standard InChI is InChI=1S/C15H22ClN3O4S/c1-23-11-3-8-18-15(20)12-5-9-19(10-6-12)24(21,22)13-4-2-7-17-14(13)16/h2,4,7,12H,3,5-6,8-11H2,1H3,(H,18,20). The van der Waals surface area contributed by atoms with E-state index in [0.717, 1.165) is 6.42 Å². The minimum absolute atomic E-state index is 0.00846. The Morgan fingerprint density at radius 2 is 2.17 bits per heavy atom. The molecule has 1 aliphatic rings. The Hall–Kier alpha value is -1.22. The maximum Gasteiger partial charge on any atom is 0.246 e. The Labute approximate surface area is 147 Å². The number of nitrogens with one attached hydrogen (secondary N) is 1. The molecule has 1 aromatic heterocycles. The zero-order valence-electron chi connectivity index (χ0n) is 13.6. The van der Waals surface area contributed by atoms with Gasteiger partial charge in [0.25, 0.3) is 0 Å². The molecule has 1 fully saturated rings. The predicted octanol–water partition coefficient (Wildman–Crippen LogP) is 1.29. The summed E-state index contributed by atoms with van der Waals surface area (Å²) in [4.78, 5) is 15.9. The second kappa shape index (κ2) is 8.75. The van der Waals surface area contributed by atoms with E-state index in [-0.39, 0.29) is 21.9 Å². The normalized spacial score (nSPS) is 16.9. The third-order valence-electron chi connectivity index (χ3n) is 3.99. The Bertz CT molecular complexity index is 660. The van der Waals surface area contributed by atoms with Crippen molar-refractivity contribution in [2.45, 2.75) is 24.2 Å². The van der Waals surface area contributed by atoms with E-state index < -0.39 is 10.0 Å². The number of hydrogen-bond donors (Lipinski definition) is 1. The molecule has 1 aliphatic heterocycles.